The van der Waals surface area contributed by atoms with Crippen molar-refractivity contribution < 1.29 is 9.53 Å². The number of ether oxygens (including phenoxy) is 1. The van der Waals surface area contributed by atoms with E-state index in [-0.39, 0.29) is 5.92 Å². The van der Waals surface area contributed by atoms with Gasteiger partial charge in [-0.15, -0.1) is 0 Å². The van der Waals surface area contributed by atoms with Crippen LogP contribution in [-0.2, 0) is 11.2 Å². The number of aldehydes is 1. The second-order valence-corrected chi connectivity index (χ2v) is 9.82. The standard InChI is InChI=1S/C31H35NO2/c1-2-3-19-34-28-14-16-30-26(20-28)11-15-29(24-7-5-4-6-8-24)31(30)25-9-12-27(13-10-25)32-18-17-23(21-32)22-33/h4-10,12-14,16,20,22-23,29,31H,2-3,11,15,17-19,21H2,1H3. The third-order valence-electron chi connectivity index (χ3n) is 7.61. The lowest BCUT2D eigenvalue weighted by Gasteiger charge is -2.35. The number of fused-ring (bicyclic) bond motifs is 1. The minimum absolute atomic E-state index is 0.168. The van der Waals surface area contributed by atoms with Crippen LogP contribution in [-0.4, -0.2) is 26.0 Å². The van der Waals surface area contributed by atoms with E-state index >= 15 is 0 Å². The Morgan fingerprint density at radius 1 is 0.971 bits per heavy atom. The van der Waals surface area contributed by atoms with Gasteiger partial charge < -0.3 is 14.4 Å². The smallest absolute Gasteiger partial charge is 0.124 e. The molecule has 34 heavy (non-hydrogen) atoms. The number of carbonyl (C=O) groups is 1. The number of nitrogens with zero attached hydrogens (tertiary/aromatic N) is 1. The molecule has 5 rings (SSSR count). The minimum atomic E-state index is 0.168. The molecular weight excluding hydrogens is 418 g/mol. The highest BCUT2D eigenvalue weighted by molar-refractivity contribution is 5.59. The van der Waals surface area contributed by atoms with Crippen LogP contribution in [0.5, 0.6) is 5.75 Å². The monoisotopic (exact) mass is 453 g/mol. The summed E-state index contributed by atoms with van der Waals surface area (Å²) in [5.41, 5.74) is 6.85. The van der Waals surface area contributed by atoms with E-state index < -0.39 is 0 Å². The fraction of sp³-hybridized carbons (Fsp3) is 0.387. The van der Waals surface area contributed by atoms with Crippen molar-refractivity contribution in [2.24, 2.45) is 5.92 Å². The zero-order chi connectivity index (χ0) is 23.3. The molecule has 0 N–H and O–H groups in total. The predicted molar refractivity (Wildman–Crippen MR) is 139 cm³/mol. The van der Waals surface area contributed by atoms with Crippen LogP contribution >= 0.6 is 0 Å². The van der Waals surface area contributed by atoms with E-state index in [2.05, 4.69) is 84.6 Å². The second kappa shape index (κ2) is 10.5. The lowest BCUT2D eigenvalue weighted by atomic mass is 9.69. The highest BCUT2D eigenvalue weighted by Crippen LogP contribution is 2.47. The maximum absolute atomic E-state index is 11.2. The van der Waals surface area contributed by atoms with E-state index in [9.17, 15) is 4.79 Å². The van der Waals surface area contributed by atoms with Crippen molar-refractivity contribution in [3.8, 4) is 5.75 Å². The van der Waals surface area contributed by atoms with Gasteiger partial charge in [-0.2, -0.15) is 0 Å². The Labute approximate surface area is 203 Å². The van der Waals surface area contributed by atoms with Gasteiger partial charge in [0.05, 0.1) is 6.61 Å². The first-order valence-corrected chi connectivity index (χ1v) is 12.9. The summed E-state index contributed by atoms with van der Waals surface area (Å²) in [5, 5.41) is 0. The molecular formula is C31H35NO2. The Balaban J connectivity index is 1.46. The molecule has 2 aliphatic rings. The molecule has 1 aliphatic heterocycles. The van der Waals surface area contributed by atoms with Crippen molar-refractivity contribution in [3.63, 3.8) is 0 Å². The predicted octanol–water partition coefficient (Wildman–Crippen LogP) is 6.75. The van der Waals surface area contributed by atoms with Gasteiger partial charge in [-0.05, 0) is 78.1 Å². The molecule has 0 spiro atoms. The fourth-order valence-corrected chi connectivity index (χ4v) is 5.72. The summed E-state index contributed by atoms with van der Waals surface area (Å²) >= 11 is 0. The molecule has 3 aromatic rings. The van der Waals surface area contributed by atoms with Crippen molar-refractivity contribution in [2.75, 3.05) is 24.6 Å². The summed E-state index contributed by atoms with van der Waals surface area (Å²) in [6, 6.07) is 26.8. The van der Waals surface area contributed by atoms with Gasteiger partial charge in [0.1, 0.15) is 12.0 Å². The van der Waals surface area contributed by atoms with Gasteiger partial charge in [-0.25, -0.2) is 0 Å². The van der Waals surface area contributed by atoms with E-state index in [0.717, 1.165) is 63.8 Å². The Hall–Kier alpha value is -3.07. The first-order chi connectivity index (χ1) is 16.8. The molecule has 1 heterocycles. The molecule has 0 bridgehead atoms. The second-order valence-electron chi connectivity index (χ2n) is 9.82. The minimum Gasteiger partial charge on any atom is -0.494 e. The molecule has 0 saturated carbocycles. The average Bonchev–Trinajstić information content (AvgIpc) is 3.38. The highest BCUT2D eigenvalue weighted by atomic mass is 16.5. The molecule has 3 nitrogen and oxygen atoms in total. The summed E-state index contributed by atoms with van der Waals surface area (Å²) in [7, 11) is 0. The fourth-order valence-electron chi connectivity index (χ4n) is 5.72. The molecule has 0 aromatic heterocycles. The van der Waals surface area contributed by atoms with Crippen LogP contribution in [0.4, 0.5) is 5.69 Å². The lowest BCUT2D eigenvalue weighted by Crippen LogP contribution is -2.22. The van der Waals surface area contributed by atoms with Gasteiger partial charge in [0.15, 0.2) is 0 Å². The average molecular weight is 454 g/mol. The third-order valence-corrected chi connectivity index (χ3v) is 7.61. The van der Waals surface area contributed by atoms with Gasteiger partial charge in [0, 0.05) is 30.6 Å². The quantitative estimate of drug-likeness (QED) is 0.279. The molecule has 3 unspecified atom stereocenters. The molecule has 3 heteroatoms. The lowest BCUT2D eigenvalue weighted by molar-refractivity contribution is -0.110. The molecule has 1 fully saturated rings. The Kier molecular flexibility index (Phi) is 6.99. The van der Waals surface area contributed by atoms with Crippen molar-refractivity contribution in [1.29, 1.82) is 0 Å². The van der Waals surface area contributed by atoms with Gasteiger partial charge in [-0.1, -0.05) is 61.9 Å². The molecule has 3 atom stereocenters. The first kappa shape index (κ1) is 22.7. The molecule has 0 radical (unpaired) electrons. The van der Waals surface area contributed by atoms with Crippen LogP contribution in [0, 0.1) is 5.92 Å². The maximum Gasteiger partial charge on any atom is 0.124 e. The van der Waals surface area contributed by atoms with Gasteiger partial charge in [0.2, 0.25) is 0 Å². The third kappa shape index (κ3) is 4.75. The Morgan fingerprint density at radius 2 is 1.79 bits per heavy atom. The summed E-state index contributed by atoms with van der Waals surface area (Å²) in [4.78, 5) is 13.5. The van der Waals surface area contributed by atoms with Crippen LogP contribution in [0.1, 0.15) is 66.7 Å². The van der Waals surface area contributed by atoms with Crippen LogP contribution < -0.4 is 9.64 Å². The number of hydrogen-bond acceptors (Lipinski definition) is 3. The molecule has 0 amide bonds. The van der Waals surface area contributed by atoms with Crippen molar-refractivity contribution in [2.45, 2.75) is 50.9 Å². The number of unbranched alkanes of at least 4 members (excludes halogenated alkanes) is 1. The summed E-state index contributed by atoms with van der Waals surface area (Å²) in [5.74, 6) is 1.95. The highest BCUT2D eigenvalue weighted by Gasteiger charge is 2.32. The molecule has 1 aliphatic carbocycles. The van der Waals surface area contributed by atoms with Gasteiger partial charge in [-0.3, -0.25) is 0 Å². The van der Waals surface area contributed by atoms with Crippen molar-refractivity contribution >= 4 is 12.0 Å². The SMILES string of the molecule is CCCCOc1ccc2c(c1)CCC(c1ccccc1)C2c1ccc(N2CCC(C=O)C2)cc1. The van der Waals surface area contributed by atoms with Gasteiger partial charge in [0.25, 0.3) is 0 Å². The van der Waals surface area contributed by atoms with E-state index in [0.29, 0.717) is 11.8 Å². The van der Waals surface area contributed by atoms with E-state index in [4.69, 9.17) is 4.74 Å². The number of carbonyl (C=O) groups excluding carboxylic acids is 1. The number of aryl methyl sites for hydroxylation is 1. The zero-order valence-corrected chi connectivity index (χ0v) is 20.2. The van der Waals surface area contributed by atoms with Crippen LogP contribution in [0.15, 0.2) is 72.8 Å². The summed E-state index contributed by atoms with van der Waals surface area (Å²) in [6.45, 7) is 4.78. The normalized spacial score (nSPS) is 21.8. The summed E-state index contributed by atoms with van der Waals surface area (Å²) < 4.78 is 6.03. The van der Waals surface area contributed by atoms with Crippen molar-refractivity contribution in [3.05, 3.63) is 95.1 Å². The molecule has 1 saturated heterocycles. The Morgan fingerprint density at radius 3 is 2.53 bits per heavy atom. The number of anilines is 1. The topological polar surface area (TPSA) is 29.5 Å². The largest absolute Gasteiger partial charge is 0.494 e. The van der Waals surface area contributed by atoms with Gasteiger partial charge >= 0.3 is 0 Å². The van der Waals surface area contributed by atoms with Crippen LogP contribution in [0.3, 0.4) is 0 Å². The molecule has 176 valence electrons. The van der Waals surface area contributed by atoms with Crippen LogP contribution in [0.2, 0.25) is 0 Å². The van der Waals surface area contributed by atoms with Crippen molar-refractivity contribution in [1.82, 2.24) is 0 Å². The number of hydrogen-bond donors (Lipinski definition) is 0. The zero-order valence-electron chi connectivity index (χ0n) is 20.2. The number of benzene rings is 3. The van der Waals surface area contributed by atoms with E-state index in [1.54, 1.807) is 0 Å². The Bertz CT molecular complexity index is 1090. The molecule has 3 aromatic carbocycles. The van der Waals surface area contributed by atoms with Crippen LogP contribution in [0.25, 0.3) is 0 Å². The van der Waals surface area contributed by atoms with E-state index in [1.165, 1.54) is 27.9 Å². The maximum atomic E-state index is 11.2. The van der Waals surface area contributed by atoms with E-state index in [1.807, 2.05) is 0 Å². The first-order valence-electron chi connectivity index (χ1n) is 12.9. The summed E-state index contributed by atoms with van der Waals surface area (Å²) in [6.07, 6.45) is 6.52. The number of rotatable bonds is 8.